The first kappa shape index (κ1) is 15.9. The molecule has 6 nitrogen and oxygen atoms in total. The lowest BCUT2D eigenvalue weighted by molar-refractivity contribution is -0.0792. The van der Waals surface area contributed by atoms with E-state index >= 15 is 0 Å². The lowest BCUT2D eigenvalue weighted by Gasteiger charge is -2.24. The van der Waals surface area contributed by atoms with Gasteiger partial charge in [0.25, 0.3) is 0 Å². The molecule has 0 radical (unpaired) electrons. The monoisotopic (exact) mass is 371 g/mol. The van der Waals surface area contributed by atoms with E-state index < -0.39 is 24.9 Å². The van der Waals surface area contributed by atoms with Gasteiger partial charge in [-0.3, -0.25) is 10.1 Å². The van der Waals surface area contributed by atoms with E-state index in [1.165, 1.54) is 12.1 Å². The summed E-state index contributed by atoms with van der Waals surface area (Å²) in [6, 6.07) is 7.44. The molecule has 4 aromatic rings. The number of hydrogen-bond donors (Lipinski definition) is 1. The molecule has 5 rings (SSSR count). The molecule has 9 heteroatoms. The minimum Gasteiger partial charge on any atom is -0.471 e. The average molecular weight is 371 g/mol. The minimum absolute atomic E-state index is 0.238. The van der Waals surface area contributed by atoms with E-state index in [1.54, 1.807) is 30.6 Å². The zero-order chi connectivity index (χ0) is 18.6. The fourth-order valence-electron chi connectivity index (χ4n) is 3.25. The number of rotatable bonds is 2. The number of aromatic nitrogens is 5. The van der Waals surface area contributed by atoms with Gasteiger partial charge in [-0.25, -0.2) is 17.9 Å². The number of nitrogens with one attached hydrogen (secondary N) is 1. The van der Waals surface area contributed by atoms with E-state index in [1.807, 2.05) is 0 Å². The largest absolute Gasteiger partial charge is 0.471 e. The summed E-state index contributed by atoms with van der Waals surface area (Å²) in [5.74, 6) is -3.17. The van der Waals surface area contributed by atoms with Gasteiger partial charge in [0.15, 0.2) is 6.61 Å². The summed E-state index contributed by atoms with van der Waals surface area (Å²) >= 11 is 0. The van der Waals surface area contributed by atoms with Crippen molar-refractivity contribution in [2.45, 2.75) is 12.5 Å². The summed E-state index contributed by atoms with van der Waals surface area (Å²) in [5, 5.41) is 11.2. The molecular formula is C18H12F3N5O. The molecule has 1 aliphatic heterocycles. The first-order valence-corrected chi connectivity index (χ1v) is 8.18. The van der Waals surface area contributed by atoms with Crippen LogP contribution in [0.4, 0.5) is 13.2 Å². The van der Waals surface area contributed by atoms with Crippen LogP contribution < -0.4 is 4.74 Å². The van der Waals surface area contributed by atoms with Gasteiger partial charge in [0.1, 0.15) is 23.6 Å². The number of ether oxygens (including phenoxy) is 1. The Bertz CT molecular complexity index is 1150. The van der Waals surface area contributed by atoms with E-state index in [2.05, 4.69) is 20.3 Å². The van der Waals surface area contributed by atoms with Crippen LogP contribution in [0.25, 0.3) is 33.4 Å². The second-order valence-electron chi connectivity index (χ2n) is 6.33. The van der Waals surface area contributed by atoms with Crippen LogP contribution >= 0.6 is 0 Å². The molecule has 27 heavy (non-hydrogen) atoms. The predicted molar refractivity (Wildman–Crippen MR) is 90.9 cm³/mol. The van der Waals surface area contributed by atoms with Crippen molar-refractivity contribution in [2.24, 2.45) is 0 Å². The third-order valence-electron chi connectivity index (χ3n) is 4.44. The molecule has 4 heterocycles. The summed E-state index contributed by atoms with van der Waals surface area (Å²) in [6.45, 7) is -1.32. The van der Waals surface area contributed by atoms with E-state index in [-0.39, 0.29) is 5.88 Å². The van der Waals surface area contributed by atoms with Crippen LogP contribution in [0.1, 0.15) is 0 Å². The smallest absolute Gasteiger partial charge is 0.300 e. The molecule has 0 fully saturated rings. The third kappa shape index (κ3) is 2.54. The quantitative estimate of drug-likeness (QED) is 0.584. The zero-order valence-corrected chi connectivity index (χ0v) is 13.8. The van der Waals surface area contributed by atoms with Crippen molar-refractivity contribution in [3.05, 3.63) is 48.5 Å². The highest BCUT2D eigenvalue weighted by Gasteiger charge is 2.39. The Labute approximate surface area is 150 Å². The van der Waals surface area contributed by atoms with Crippen molar-refractivity contribution in [2.75, 3.05) is 6.61 Å². The Morgan fingerprint density at radius 3 is 2.78 bits per heavy atom. The van der Waals surface area contributed by atoms with Gasteiger partial charge < -0.3 is 4.74 Å². The zero-order valence-electron chi connectivity index (χ0n) is 13.8. The standard InChI is InChI=1S/C18H12F3N5O/c19-11-3-1-10(2-4-11)15-14(12-5-6-22-13-7-23-24-16(12)13)17-26(25-15)8-18(20,21)9-27-17/h1-7H,8-9H2,(H,23,24). The summed E-state index contributed by atoms with van der Waals surface area (Å²) < 4.78 is 47.5. The molecule has 1 aliphatic rings. The third-order valence-corrected chi connectivity index (χ3v) is 4.44. The van der Waals surface area contributed by atoms with Crippen LogP contribution in [0.5, 0.6) is 5.88 Å². The van der Waals surface area contributed by atoms with E-state index in [0.717, 1.165) is 4.68 Å². The fourth-order valence-corrected chi connectivity index (χ4v) is 3.25. The molecule has 0 spiro atoms. The van der Waals surface area contributed by atoms with Crippen LogP contribution in [-0.4, -0.2) is 37.5 Å². The van der Waals surface area contributed by atoms with Crippen molar-refractivity contribution in [1.29, 1.82) is 0 Å². The van der Waals surface area contributed by atoms with Crippen LogP contribution in [0.3, 0.4) is 0 Å². The summed E-state index contributed by atoms with van der Waals surface area (Å²) in [7, 11) is 0. The Kier molecular flexibility index (Phi) is 3.27. The van der Waals surface area contributed by atoms with Gasteiger partial charge in [0, 0.05) is 17.3 Å². The Hall–Kier alpha value is -3.36. The van der Waals surface area contributed by atoms with Crippen molar-refractivity contribution >= 4 is 11.0 Å². The van der Waals surface area contributed by atoms with Crippen LogP contribution in [-0.2, 0) is 6.54 Å². The molecule has 0 atom stereocenters. The Morgan fingerprint density at radius 2 is 1.96 bits per heavy atom. The lowest BCUT2D eigenvalue weighted by Crippen LogP contribution is -2.36. The minimum atomic E-state index is -3.02. The molecule has 1 aromatic carbocycles. The second kappa shape index (κ2) is 5.57. The van der Waals surface area contributed by atoms with E-state index in [0.29, 0.717) is 33.4 Å². The number of H-pyrrole nitrogens is 1. The number of pyridine rings is 1. The molecule has 3 aromatic heterocycles. The molecule has 0 unspecified atom stereocenters. The van der Waals surface area contributed by atoms with Crippen LogP contribution in [0.15, 0.2) is 42.7 Å². The van der Waals surface area contributed by atoms with Crippen LogP contribution in [0, 0.1) is 5.82 Å². The molecule has 0 saturated heterocycles. The number of nitrogens with zero attached hydrogens (tertiary/aromatic N) is 4. The first-order valence-electron chi connectivity index (χ1n) is 8.18. The molecule has 136 valence electrons. The van der Waals surface area contributed by atoms with Crippen molar-refractivity contribution < 1.29 is 17.9 Å². The maximum Gasteiger partial charge on any atom is 0.300 e. The van der Waals surface area contributed by atoms with Crippen molar-refractivity contribution in [3.63, 3.8) is 0 Å². The summed E-state index contributed by atoms with van der Waals surface area (Å²) in [4.78, 5) is 4.23. The predicted octanol–water partition coefficient (Wildman–Crippen LogP) is 3.66. The molecule has 0 aliphatic carbocycles. The SMILES string of the molecule is Fc1ccc(-c2nn3c(c2-c2ccnc4cn[nH]c24)OCC(F)(F)C3)cc1. The van der Waals surface area contributed by atoms with E-state index in [9.17, 15) is 13.2 Å². The second-order valence-corrected chi connectivity index (χ2v) is 6.33. The number of hydrogen-bond acceptors (Lipinski definition) is 4. The highest BCUT2D eigenvalue weighted by Crippen LogP contribution is 2.43. The van der Waals surface area contributed by atoms with Gasteiger partial charge in [-0.2, -0.15) is 10.2 Å². The maximum absolute atomic E-state index is 13.8. The number of aromatic amines is 1. The average Bonchev–Trinajstić information content (AvgIpc) is 3.25. The lowest BCUT2D eigenvalue weighted by atomic mass is 10.0. The molecular weight excluding hydrogens is 359 g/mol. The van der Waals surface area contributed by atoms with Crippen molar-refractivity contribution in [1.82, 2.24) is 25.0 Å². The van der Waals surface area contributed by atoms with Gasteiger partial charge in [-0.15, -0.1) is 0 Å². The number of fused-ring (bicyclic) bond motifs is 2. The Balaban J connectivity index is 1.79. The molecule has 0 amide bonds. The maximum atomic E-state index is 13.8. The molecule has 1 N–H and O–H groups in total. The topological polar surface area (TPSA) is 68.6 Å². The van der Waals surface area contributed by atoms with Gasteiger partial charge in [0.05, 0.1) is 17.3 Å². The molecule has 0 saturated carbocycles. The number of alkyl halides is 2. The van der Waals surface area contributed by atoms with Gasteiger partial charge in [-0.05, 0) is 30.3 Å². The van der Waals surface area contributed by atoms with E-state index in [4.69, 9.17) is 4.74 Å². The van der Waals surface area contributed by atoms with Crippen molar-refractivity contribution in [3.8, 4) is 28.3 Å². The highest BCUT2D eigenvalue weighted by atomic mass is 19.3. The molecule has 0 bridgehead atoms. The number of benzene rings is 1. The Morgan fingerprint density at radius 1 is 1.15 bits per heavy atom. The van der Waals surface area contributed by atoms with Gasteiger partial charge in [-0.1, -0.05) is 0 Å². The summed E-state index contributed by atoms with van der Waals surface area (Å²) in [5.41, 5.74) is 3.47. The summed E-state index contributed by atoms with van der Waals surface area (Å²) in [6.07, 6.45) is 3.17. The van der Waals surface area contributed by atoms with Gasteiger partial charge >= 0.3 is 5.92 Å². The van der Waals surface area contributed by atoms with Gasteiger partial charge in [0.2, 0.25) is 5.88 Å². The number of halogens is 3. The fraction of sp³-hybridized carbons (Fsp3) is 0.167. The highest BCUT2D eigenvalue weighted by molar-refractivity contribution is 5.97. The normalized spacial score (nSPS) is 15.5. The first-order chi connectivity index (χ1) is 13.0. The van der Waals surface area contributed by atoms with Crippen LogP contribution in [0.2, 0.25) is 0 Å².